The molecule has 0 atom stereocenters. The summed E-state index contributed by atoms with van der Waals surface area (Å²) in [6, 6.07) is 6.04. The number of benzene rings is 1. The molecule has 1 fully saturated rings. The van der Waals surface area contributed by atoms with Crippen LogP contribution in [0.25, 0.3) is 0 Å². The number of phenols is 1. The van der Waals surface area contributed by atoms with Crippen molar-refractivity contribution in [2.45, 2.75) is 12.8 Å². The minimum Gasteiger partial charge on any atom is -0.508 e. The molecule has 1 aliphatic rings. The first-order valence-electron chi connectivity index (χ1n) is 4.82. The molecule has 1 N–H and O–H groups in total. The first-order valence-corrected chi connectivity index (χ1v) is 4.82. The summed E-state index contributed by atoms with van der Waals surface area (Å²) in [7, 11) is 0. The molecule has 1 aromatic carbocycles. The fourth-order valence-electron chi connectivity index (χ4n) is 1.66. The molecule has 1 aromatic rings. The summed E-state index contributed by atoms with van der Waals surface area (Å²) in [6.07, 6.45) is 1.16. The van der Waals surface area contributed by atoms with Crippen molar-refractivity contribution in [2.24, 2.45) is 0 Å². The topological polar surface area (TPSA) is 57.6 Å². The van der Waals surface area contributed by atoms with Crippen LogP contribution < -0.4 is 0 Å². The molecule has 4 nitrogen and oxygen atoms in total. The zero-order valence-electron chi connectivity index (χ0n) is 8.14. The van der Waals surface area contributed by atoms with E-state index in [1.54, 1.807) is 12.1 Å². The number of hydrogen-bond donors (Lipinski definition) is 1. The molecule has 1 heterocycles. The summed E-state index contributed by atoms with van der Waals surface area (Å²) in [6.45, 7) is 0.479. The second-order valence-electron chi connectivity index (χ2n) is 3.50. The molecule has 0 unspecified atom stereocenters. The largest absolute Gasteiger partial charge is 0.508 e. The second kappa shape index (κ2) is 3.73. The van der Waals surface area contributed by atoms with E-state index in [1.807, 2.05) is 0 Å². The molecule has 0 aromatic heterocycles. The number of nitrogens with zero attached hydrogens (tertiary/aromatic N) is 1. The minimum atomic E-state index is -0.326. The molecular formula is C11H11NO3. The van der Waals surface area contributed by atoms with Gasteiger partial charge in [-0.3, -0.25) is 14.5 Å². The van der Waals surface area contributed by atoms with E-state index in [1.165, 1.54) is 17.0 Å². The lowest BCUT2D eigenvalue weighted by Gasteiger charge is -2.13. The van der Waals surface area contributed by atoms with Crippen LogP contribution >= 0.6 is 0 Å². The van der Waals surface area contributed by atoms with E-state index in [-0.39, 0.29) is 17.6 Å². The fraction of sp³-hybridized carbons (Fsp3) is 0.273. The molecule has 4 heteroatoms. The van der Waals surface area contributed by atoms with Crippen molar-refractivity contribution in [3.05, 3.63) is 29.8 Å². The lowest BCUT2D eigenvalue weighted by molar-refractivity contribution is -0.125. The third-order valence-corrected chi connectivity index (χ3v) is 2.41. The molecule has 0 radical (unpaired) electrons. The maximum atomic E-state index is 11.8. The van der Waals surface area contributed by atoms with Gasteiger partial charge in [0.1, 0.15) is 5.75 Å². The Bertz CT molecular complexity index is 414. The van der Waals surface area contributed by atoms with Crippen molar-refractivity contribution in [3.63, 3.8) is 0 Å². The van der Waals surface area contributed by atoms with Crippen LogP contribution in [0.4, 0.5) is 0 Å². The predicted molar refractivity (Wildman–Crippen MR) is 53.4 cm³/mol. The molecule has 0 aliphatic carbocycles. The average Bonchev–Trinajstić information content (AvgIpc) is 2.63. The average molecular weight is 205 g/mol. The molecule has 1 aliphatic heterocycles. The van der Waals surface area contributed by atoms with Crippen molar-refractivity contribution in [3.8, 4) is 5.75 Å². The quantitative estimate of drug-likeness (QED) is 0.700. The number of phenolic OH excluding ortho intramolecular Hbond substituents is 1. The van der Waals surface area contributed by atoms with Crippen LogP contribution in [0.1, 0.15) is 23.2 Å². The van der Waals surface area contributed by atoms with Crippen molar-refractivity contribution in [1.29, 1.82) is 0 Å². The highest BCUT2D eigenvalue weighted by molar-refractivity contribution is 6.05. The number of aromatic hydroxyl groups is 1. The maximum Gasteiger partial charge on any atom is 0.260 e. The maximum absolute atomic E-state index is 11.8. The molecule has 0 bridgehead atoms. The summed E-state index contributed by atoms with van der Waals surface area (Å²) >= 11 is 0. The third kappa shape index (κ3) is 1.83. The molecule has 2 rings (SSSR count). The number of hydrogen-bond acceptors (Lipinski definition) is 3. The smallest absolute Gasteiger partial charge is 0.260 e. The summed E-state index contributed by atoms with van der Waals surface area (Å²) in [5.41, 5.74) is 0.352. The van der Waals surface area contributed by atoms with Gasteiger partial charge >= 0.3 is 0 Å². The number of amides is 2. The van der Waals surface area contributed by atoms with Gasteiger partial charge in [-0.15, -0.1) is 0 Å². The lowest BCUT2D eigenvalue weighted by Crippen LogP contribution is -2.31. The Balaban J connectivity index is 2.24. The second-order valence-corrected chi connectivity index (χ2v) is 3.50. The highest BCUT2D eigenvalue weighted by Gasteiger charge is 2.27. The van der Waals surface area contributed by atoms with Crippen LogP contribution in [0.15, 0.2) is 24.3 Å². The Morgan fingerprint density at radius 1 is 1.40 bits per heavy atom. The Kier molecular flexibility index (Phi) is 2.41. The molecule has 2 amide bonds. The van der Waals surface area contributed by atoms with Crippen LogP contribution in [0, 0.1) is 0 Å². The van der Waals surface area contributed by atoms with Gasteiger partial charge in [-0.25, -0.2) is 0 Å². The number of likely N-dealkylation sites (tertiary alicyclic amines) is 1. The normalized spacial score (nSPS) is 15.7. The molecule has 0 saturated carbocycles. The van der Waals surface area contributed by atoms with Gasteiger partial charge in [0.25, 0.3) is 5.91 Å². The molecule has 15 heavy (non-hydrogen) atoms. The summed E-state index contributed by atoms with van der Waals surface area (Å²) < 4.78 is 0. The van der Waals surface area contributed by atoms with Gasteiger partial charge in [-0.2, -0.15) is 0 Å². The van der Waals surface area contributed by atoms with Crippen molar-refractivity contribution < 1.29 is 14.7 Å². The van der Waals surface area contributed by atoms with Crippen LogP contribution in [0.5, 0.6) is 5.75 Å². The van der Waals surface area contributed by atoms with Crippen molar-refractivity contribution in [2.75, 3.05) is 6.54 Å². The Morgan fingerprint density at radius 3 is 2.80 bits per heavy atom. The van der Waals surface area contributed by atoms with E-state index in [0.717, 1.165) is 6.42 Å². The number of carbonyl (C=O) groups is 2. The predicted octanol–water partition coefficient (Wildman–Crippen LogP) is 1.15. The van der Waals surface area contributed by atoms with Crippen LogP contribution in [-0.2, 0) is 4.79 Å². The highest BCUT2D eigenvalue weighted by atomic mass is 16.3. The van der Waals surface area contributed by atoms with Gasteiger partial charge in [0.2, 0.25) is 5.91 Å². The van der Waals surface area contributed by atoms with Gasteiger partial charge in [0.05, 0.1) is 0 Å². The number of imide groups is 1. The van der Waals surface area contributed by atoms with Crippen LogP contribution in [0.2, 0.25) is 0 Å². The first kappa shape index (κ1) is 9.71. The van der Waals surface area contributed by atoms with E-state index in [0.29, 0.717) is 18.5 Å². The Labute approximate surface area is 87.1 Å². The molecular weight excluding hydrogens is 194 g/mol. The van der Waals surface area contributed by atoms with Gasteiger partial charge < -0.3 is 5.11 Å². The van der Waals surface area contributed by atoms with Crippen LogP contribution in [0.3, 0.4) is 0 Å². The standard InChI is InChI=1S/C11H11NO3/c13-9-4-1-3-8(7-9)11(15)12-6-2-5-10(12)14/h1,3-4,7,13H,2,5-6H2. The molecule has 1 saturated heterocycles. The Morgan fingerprint density at radius 2 is 2.20 bits per heavy atom. The summed E-state index contributed by atoms with van der Waals surface area (Å²) in [5, 5.41) is 9.21. The van der Waals surface area contributed by atoms with Gasteiger partial charge in [0, 0.05) is 18.5 Å². The lowest BCUT2D eigenvalue weighted by atomic mass is 10.2. The number of carbonyl (C=O) groups excluding carboxylic acids is 2. The van der Waals surface area contributed by atoms with E-state index in [2.05, 4.69) is 0 Å². The highest BCUT2D eigenvalue weighted by Crippen LogP contribution is 2.17. The minimum absolute atomic E-state index is 0.0347. The van der Waals surface area contributed by atoms with E-state index in [9.17, 15) is 14.7 Å². The third-order valence-electron chi connectivity index (χ3n) is 2.41. The van der Waals surface area contributed by atoms with Crippen molar-refractivity contribution >= 4 is 11.8 Å². The van der Waals surface area contributed by atoms with Crippen LogP contribution in [-0.4, -0.2) is 28.4 Å². The Hall–Kier alpha value is -1.84. The molecule has 0 spiro atoms. The van der Waals surface area contributed by atoms with Gasteiger partial charge in [-0.05, 0) is 24.6 Å². The van der Waals surface area contributed by atoms with E-state index >= 15 is 0 Å². The number of rotatable bonds is 1. The first-order chi connectivity index (χ1) is 7.18. The summed E-state index contributed by atoms with van der Waals surface area (Å²) in [5.74, 6) is -0.427. The van der Waals surface area contributed by atoms with Gasteiger partial charge in [0.15, 0.2) is 0 Å². The van der Waals surface area contributed by atoms with E-state index < -0.39 is 0 Å². The molecule has 78 valence electrons. The monoisotopic (exact) mass is 205 g/mol. The zero-order chi connectivity index (χ0) is 10.8. The zero-order valence-corrected chi connectivity index (χ0v) is 8.14. The van der Waals surface area contributed by atoms with Crippen molar-refractivity contribution in [1.82, 2.24) is 4.90 Å². The SMILES string of the molecule is O=C1CCCN1C(=O)c1cccc(O)c1. The fourth-order valence-corrected chi connectivity index (χ4v) is 1.66. The van der Waals surface area contributed by atoms with E-state index in [4.69, 9.17) is 0 Å². The summed E-state index contributed by atoms with van der Waals surface area (Å²) in [4.78, 5) is 24.4. The van der Waals surface area contributed by atoms with Gasteiger partial charge in [-0.1, -0.05) is 6.07 Å².